The van der Waals surface area contributed by atoms with Crippen LogP contribution in [-0.4, -0.2) is 95.8 Å². The second-order valence-electron chi connectivity index (χ2n) is 13.4. The zero-order valence-electron chi connectivity index (χ0n) is 27.8. The van der Waals surface area contributed by atoms with Crippen molar-refractivity contribution in [1.82, 2.24) is 25.3 Å². The van der Waals surface area contributed by atoms with Crippen LogP contribution in [0.2, 0.25) is 0 Å². The molecule has 2 fully saturated rings. The van der Waals surface area contributed by atoms with Crippen molar-refractivity contribution < 1.29 is 28.7 Å². The molecule has 0 aliphatic carbocycles. The number of nitrogens with zero attached hydrogens (tertiary/aromatic N) is 3. The Kier molecular flexibility index (Phi) is 9.67. The van der Waals surface area contributed by atoms with Crippen molar-refractivity contribution >= 4 is 40.4 Å². The Labute approximate surface area is 275 Å². The molecule has 4 atom stereocenters. The predicted molar refractivity (Wildman–Crippen MR) is 177 cm³/mol. The lowest BCUT2D eigenvalue weighted by Gasteiger charge is -2.45. The van der Waals surface area contributed by atoms with Crippen LogP contribution in [-0.2, 0) is 36.9 Å². The monoisotopic (exact) mass is 641 g/mol. The summed E-state index contributed by atoms with van der Waals surface area (Å²) in [6.45, 7) is 7.43. The van der Waals surface area contributed by atoms with Crippen molar-refractivity contribution in [1.29, 1.82) is 0 Å². The molecule has 47 heavy (non-hydrogen) atoms. The number of piperazine rings is 1. The minimum Gasteiger partial charge on any atom is -0.465 e. The van der Waals surface area contributed by atoms with Crippen LogP contribution in [0.15, 0.2) is 66.7 Å². The molecule has 0 spiro atoms. The lowest BCUT2D eigenvalue weighted by atomic mass is 9.85. The fourth-order valence-electron chi connectivity index (χ4n) is 6.27. The van der Waals surface area contributed by atoms with Crippen molar-refractivity contribution in [3.63, 3.8) is 0 Å². The molecule has 248 valence electrons. The third-order valence-corrected chi connectivity index (χ3v) is 9.09. The minimum absolute atomic E-state index is 0.0982. The number of esters is 1. The highest BCUT2D eigenvalue weighted by Gasteiger charge is 2.53. The molecule has 5 rings (SSSR count). The largest absolute Gasteiger partial charge is 0.465 e. The highest BCUT2D eigenvalue weighted by atomic mass is 16.5. The zero-order chi connectivity index (χ0) is 34.0. The molecule has 11 nitrogen and oxygen atoms in total. The first-order valence-corrected chi connectivity index (χ1v) is 15.9. The van der Waals surface area contributed by atoms with Gasteiger partial charge in [-0.15, -0.1) is 0 Å². The molecule has 3 aromatic carbocycles. The summed E-state index contributed by atoms with van der Waals surface area (Å²) in [6, 6.07) is 18.5. The first-order valence-electron chi connectivity index (χ1n) is 15.9. The van der Waals surface area contributed by atoms with Gasteiger partial charge in [-0.1, -0.05) is 75.4 Å². The lowest BCUT2D eigenvalue weighted by Crippen LogP contribution is -2.66. The van der Waals surface area contributed by atoms with Crippen LogP contribution in [0.5, 0.6) is 0 Å². The Morgan fingerprint density at radius 3 is 2.26 bits per heavy atom. The summed E-state index contributed by atoms with van der Waals surface area (Å²) in [4.78, 5) is 71.9. The number of rotatable bonds is 9. The Bertz CT molecular complexity index is 1680. The van der Waals surface area contributed by atoms with E-state index < -0.39 is 35.7 Å². The standard InChI is InChI=1S/C36H43N5O6/c1-22(37-5)32(43)38-31(36(2,3)4)34(45)40-21-30(42)41-28(18-24-13-14-25-9-7-8-10-27(25)17-24)33(44)39(20-29(40)41)19-23-11-15-26(16-12-23)35(46)47-6/h7-17,22,28-29,31,37H,18-21H2,1-6H3,(H,38,43)/t22-,28-,29+,31+/m0/s1. The predicted octanol–water partition coefficient (Wildman–Crippen LogP) is 2.72. The molecular formula is C36H43N5O6. The number of amides is 4. The van der Waals surface area contributed by atoms with E-state index in [9.17, 15) is 24.0 Å². The van der Waals surface area contributed by atoms with Gasteiger partial charge in [0.2, 0.25) is 23.6 Å². The summed E-state index contributed by atoms with van der Waals surface area (Å²) in [5, 5.41) is 7.89. The Morgan fingerprint density at radius 2 is 1.62 bits per heavy atom. The highest BCUT2D eigenvalue weighted by Crippen LogP contribution is 2.32. The molecule has 0 aromatic heterocycles. The van der Waals surface area contributed by atoms with E-state index >= 15 is 0 Å². The van der Waals surface area contributed by atoms with Crippen molar-refractivity contribution in [2.24, 2.45) is 5.41 Å². The van der Waals surface area contributed by atoms with E-state index in [1.54, 1.807) is 48.0 Å². The van der Waals surface area contributed by atoms with Crippen LogP contribution in [0.25, 0.3) is 10.8 Å². The van der Waals surface area contributed by atoms with E-state index in [1.807, 2.05) is 63.2 Å². The van der Waals surface area contributed by atoms with Gasteiger partial charge in [-0.3, -0.25) is 19.2 Å². The number of benzene rings is 3. The van der Waals surface area contributed by atoms with Gasteiger partial charge in [-0.05, 0) is 53.4 Å². The average Bonchev–Trinajstić information content (AvgIpc) is 3.39. The van der Waals surface area contributed by atoms with Gasteiger partial charge >= 0.3 is 5.97 Å². The maximum atomic E-state index is 14.3. The van der Waals surface area contributed by atoms with E-state index in [-0.39, 0.29) is 49.7 Å². The summed E-state index contributed by atoms with van der Waals surface area (Å²) in [5.41, 5.74) is 1.41. The quantitative estimate of drug-likeness (QED) is 0.344. The smallest absolute Gasteiger partial charge is 0.337 e. The zero-order valence-corrected chi connectivity index (χ0v) is 27.8. The van der Waals surface area contributed by atoms with Gasteiger partial charge in [0.15, 0.2) is 0 Å². The molecule has 11 heteroatoms. The number of carbonyl (C=O) groups is 5. The van der Waals surface area contributed by atoms with Crippen LogP contribution >= 0.6 is 0 Å². The van der Waals surface area contributed by atoms with Gasteiger partial charge < -0.3 is 30.1 Å². The van der Waals surface area contributed by atoms with E-state index in [2.05, 4.69) is 10.6 Å². The van der Waals surface area contributed by atoms with Crippen molar-refractivity contribution in [2.75, 3.05) is 27.2 Å². The summed E-state index contributed by atoms with van der Waals surface area (Å²) in [5.74, 6) is -1.70. The lowest BCUT2D eigenvalue weighted by molar-refractivity contribution is -0.157. The summed E-state index contributed by atoms with van der Waals surface area (Å²) < 4.78 is 4.81. The molecule has 4 amide bonds. The Balaban J connectivity index is 1.49. The fraction of sp³-hybridized carbons (Fsp3) is 0.417. The van der Waals surface area contributed by atoms with Crippen LogP contribution in [0.3, 0.4) is 0 Å². The number of likely N-dealkylation sites (N-methyl/N-ethyl adjacent to an activating group) is 1. The van der Waals surface area contributed by atoms with E-state index in [4.69, 9.17) is 4.74 Å². The SMILES string of the molecule is CN[C@@H](C)C(=O)N[C@H](C(=O)N1CC(=O)N2[C@@H]1CN(Cc1ccc(C(=O)OC)cc1)C(=O)[C@@H]2Cc1ccc2ccccc2c1)C(C)(C)C. The number of fused-ring (bicyclic) bond motifs is 2. The third kappa shape index (κ3) is 7.00. The third-order valence-electron chi connectivity index (χ3n) is 9.09. The van der Waals surface area contributed by atoms with Crippen molar-refractivity contribution in [2.45, 2.75) is 65.0 Å². The molecule has 2 aliphatic heterocycles. The maximum Gasteiger partial charge on any atom is 0.337 e. The first kappa shape index (κ1) is 33.6. The second kappa shape index (κ2) is 13.5. The molecule has 0 unspecified atom stereocenters. The van der Waals surface area contributed by atoms with Gasteiger partial charge in [0.25, 0.3) is 0 Å². The van der Waals surface area contributed by atoms with Crippen LogP contribution < -0.4 is 10.6 Å². The van der Waals surface area contributed by atoms with Crippen LogP contribution in [0.1, 0.15) is 49.2 Å². The molecule has 2 heterocycles. The minimum atomic E-state index is -0.908. The van der Waals surface area contributed by atoms with Gasteiger partial charge in [-0.25, -0.2) is 4.79 Å². The summed E-state index contributed by atoms with van der Waals surface area (Å²) in [7, 11) is 2.98. The van der Waals surface area contributed by atoms with E-state index in [0.717, 1.165) is 21.9 Å². The molecule has 2 saturated heterocycles. The topological polar surface area (TPSA) is 128 Å². The van der Waals surface area contributed by atoms with Crippen molar-refractivity contribution in [3.8, 4) is 0 Å². The van der Waals surface area contributed by atoms with E-state index in [1.165, 1.54) is 12.0 Å². The number of ether oxygens (including phenoxy) is 1. The number of hydrogen-bond donors (Lipinski definition) is 2. The molecular weight excluding hydrogens is 598 g/mol. The van der Waals surface area contributed by atoms with Gasteiger partial charge in [0, 0.05) is 13.0 Å². The number of methoxy groups -OCH3 is 1. The molecule has 2 aliphatic rings. The number of hydrogen-bond acceptors (Lipinski definition) is 7. The van der Waals surface area contributed by atoms with Crippen LogP contribution in [0, 0.1) is 5.41 Å². The Morgan fingerprint density at radius 1 is 0.957 bits per heavy atom. The van der Waals surface area contributed by atoms with Gasteiger partial charge in [-0.2, -0.15) is 0 Å². The average molecular weight is 642 g/mol. The normalized spacial score (nSPS) is 19.4. The van der Waals surface area contributed by atoms with Crippen LogP contribution in [0.4, 0.5) is 0 Å². The summed E-state index contributed by atoms with van der Waals surface area (Å²) in [6.07, 6.45) is -0.457. The highest BCUT2D eigenvalue weighted by molar-refractivity contribution is 5.97. The molecule has 0 saturated carbocycles. The Hall–Kier alpha value is -4.77. The first-order chi connectivity index (χ1) is 22.3. The van der Waals surface area contributed by atoms with Crippen molar-refractivity contribution in [3.05, 3.63) is 83.4 Å². The maximum absolute atomic E-state index is 14.3. The number of carbonyl (C=O) groups excluding carboxylic acids is 5. The van der Waals surface area contributed by atoms with Gasteiger partial charge in [0.1, 0.15) is 24.8 Å². The molecule has 0 radical (unpaired) electrons. The van der Waals surface area contributed by atoms with Gasteiger partial charge in [0.05, 0.1) is 25.3 Å². The fourth-order valence-corrected chi connectivity index (χ4v) is 6.27. The summed E-state index contributed by atoms with van der Waals surface area (Å²) >= 11 is 0. The molecule has 3 aromatic rings. The van der Waals surface area contributed by atoms with E-state index in [0.29, 0.717) is 5.56 Å². The second-order valence-corrected chi connectivity index (χ2v) is 13.4. The number of nitrogens with one attached hydrogen (secondary N) is 2. The molecule has 2 N–H and O–H groups in total. The molecule has 0 bridgehead atoms.